The van der Waals surface area contributed by atoms with Gasteiger partial charge >= 0.3 is 6.18 Å². The lowest BCUT2D eigenvalue weighted by Crippen LogP contribution is -2.03. The van der Waals surface area contributed by atoms with Gasteiger partial charge < -0.3 is 0 Å². The van der Waals surface area contributed by atoms with Crippen molar-refractivity contribution in [3.05, 3.63) is 40.9 Å². The van der Waals surface area contributed by atoms with Gasteiger partial charge in [-0.2, -0.15) is 13.2 Å². The Morgan fingerprint density at radius 1 is 1.17 bits per heavy atom. The number of rotatable bonds is 2. The number of hydrogen-bond acceptors (Lipinski definition) is 2. The van der Waals surface area contributed by atoms with Crippen LogP contribution in [0.2, 0.25) is 0 Å². The van der Waals surface area contributed by atoms with Crippen LogP contribution in [-0.4, -0.2) is 4.98 Å². The minimum atomic E-state index is -4.30. The van der Waals surface area contributed by atoms with Gasteiger partial charge in [0, 0.05) is 5.56 Å². The maximum Gasteiger partial charge on any atom is 0.416 e. The molecule has 95 valence electrons. The van der Waals surface area contributed by atoms with E-state index in [0.717, 1.165) is 17.8 Å². The van der Waals surface area contributed by atoms with E-state index in [1.54, 1.807) is 0 Å². The van der Waals surface area contributed by atoms with Gasteiger partial charge in [-0.05, 0) is 18.1 Å². The highest BCUT2D eigenvalue weighted by Gasteiger charge is 2.30. The zero-order valence-electron chi connectivity index (χ0n) is 9.88. The Morgan fingerprint density at radius 3 is 2.22 bits per heavy atom. The number of aromatic nitrogens is 1. The van der Waals surface area contributed by atoms with Gasteiger partial charge in [-0.25, -0.2) is 4.98 Å². The highest BCUT2D eigenvalue weighted by Crippen LogP contribution is 2.32. The van der Waals surface area contributed by atoms with E-state index >= 15 is 0 Å². The SMILES string of the molecule is CC(C)c1[c]sc(-c2ccc(C(F)(F)F)cc2)n1. The van der Waals surface area contributed by atoms with Crippen LogP contribution in [0.5, 0.6) is 0 Å². The molecule has 18 heavy (non-hydrogen) atoms. The summed E-state index contributed by atoms with van der Waals surface area (Å²) in [5.41, 5.74) is 0.891. The van der Waals surface area contributed by atoms with Crippen molar-refractivity contribution >= 4 is 11.3 Å². The number of hydrogen-bond donors (Lipinski definition) is 0. The third-order valence-corrected chi connectivity index (χ3v) is 3.31. The Hall–Kier alpha value is -1.36. The summed E-state index contributed by atoms with van der Waals surface area (Å²) in [7, 11) is 0. The van der Waals surface area contributed by atoms with Gasteiger partial charge in [-0.3, -0.25) is 0 Å². The first-order valence-corrected chi connectivity index (χ1v) is 6.25. The van der Waals surface area contributed by atoms with Crippen molar-refractivity contribution in [2.75, 3.05) is 0 Å². The second-order valence-corrected chi connectivity index (χ2v) is 5.03. The molecule has 1 radical (unpaired) electrons. The monoisotopic (exact) mass is 270 g/mol. The molecule has 1 aromatic heterocycles. The number of nitrogens with zero attached hydrogens (tertiary/aromatic N) is 1. The summed E-state index contributed by atoms with van der Waals surface area (Å²) in [6, 6.07) is 5.04. The first kappa shape index (κ1) is 13.1. The van der Waals surface area contributed by atoms with Crippen molar-refractivity contribution in [1.82, 2.24) is 4.98 Å². The van der Waals surface area contributed by atoms with E-state index in [9.17, 15) is 13.2 Å². The number of halogens is 3. The molecule has 0 atom stereocenters. The maximum atomic E-state index is 12.4. The fourth-order valence-electron chi connectivity index (χ4n) is 1.43. The summed E-state index contributed by atoms with van der Waals surface area (Å²) < 4.78 is 37.2. The van der Waals surface area contributed by atoms with E-state index in [2.05, 4.69) is 10.4 Å². The van der Waals surface area contributed by atoms with Crippen molar-refractivity contribution in [3.63, 3.8) is 0 Å². The average Bonchev–Trinajstić information content (AvgIpc) is 2.77. The zero-order chi connectivity index (χ0) is 13.3. The van der Waals surface area contributed by atoms with Crippen LogP contribution >= 0.6 is 11.3 Å². The third kappa shape index (κ3) is 2.72. The summed E-state index contributed by atoms with van der Waals surface area (Å²) in [5.74, 6) is 0.268. The molecule has 1 nitrogen and oxygen atoms in total. The van der Waals surface area contributed by atoms with E-state index in [-0.39, 0.29) is 5.92 Å². The topological polar surface area (TPSA) is 12.9 Å². The van der Waals surface area contributed by atoms with Gasteiger partial charge in [-0.15, -0.1) is 11.3 Å². The molecule has 0 spiro atoms. The molecular formula is C13H11F3NS. The van der Waals surface area contributed by atoms with Gasteiger partial charge in [0.25, 0.3) is 0 Å². The fourth-order valence-corrected chi connectivity index (χ4v) is 2.31. The zero-order valence-corrected chi connectivity index (χ0v) is 10.7. The van der Waals surface area contributed by atoms with Gasteiger partial charge in [-0.1, -0.05) is 26.0 Å². The van der Waals surface area contributed by atoms with Crippen molar-refractivity contribution in [1.29, 1.82) is 0 Å². The van der Waals surface area contributed by atoms with E-state index in [4.69, 9.17) is 0 Å². The van der Waals surface area contributed by atoms with Crippen LogP contribution in [-0.2, 0) is 6.18 Å². The lowest BCUT2D eigenvalue weighted by atomic mass is 10.1. The van der Waals surface area contributed by atoms with Crippen molar-refractivity contribution in [3.8, 4) is 10.6 Å². The smallest absolute Gasteiger partial charge is 0.240 e. The standard InChI is InChI=1S/C13H11F3NS/c1-8(2)11-7-18-12(17-11)9-3-5-10(6-4-9)13(14,15)16/h3-6,8H,1-2H3. The molecule has 0 amide bonds. The van der Waals surface area contributed by atoms with Crippen LogP contribution in [0.1, 0.15) is 31.0 Å². The van der Waals surface area contributed by atoms with Crippen LogP contribution in [0, 0.1) is 5.38 Å². The summed E-state index contributed by atoms with van der Waals surface area (Å²) in [4.78, 5) is 4.35. The number of benzene rings is 1. The second kappa shape index (κ2) is 4.72. The fraction of sp³-hybridized carbons (Fsp3) is 0.308. The van der Waals surface area contributed by atoms with Crippen LogP contribution < -0.4 is 0 Å². The van der Waals surface area contributed by atoms with E-state index in [1.807, 2.05) is 13.8 Å². The van der Waals surface area contributed by atoms with Gasteiger partial charge in [0.15, 0.2) is 0 Å². The highest BCUT2D eigenvalue weighted by molar-refractivity contribution is 7.12. The first-order valence-electron chi connectivity index (χ1n) is 5.44. The van der Waals surface area contributed by atoms with Crippen molar-refractivity contribution in [2.45, 2.75) is 25.9 Å². The molecule has 0 unspecified atom stereocenters. The molecule has 5 heteroatoms. The lowest BCUT2D eigenvalue weighted by Gasteiger charge is -2.06. The Labute approximate surface area is 107 Å². The molecule has 2 rings (SSSR count). The third-order valence-electron chi connectivity index (χ3n) is 2.48. The predicted molar refractivity (Wildman–Crippen MR) is 65.5 cm³/mol. The van der Waals surface area contributed by atoms with Crippen molar-refractivity contribution in [2.24, 2.45) is 0 Å². The van der Waals surface area contributed by atoms with Crippen LogP contribution in [0.3, 0.4) is 0 Å². The van der Waals surface area contributed by atoms with Crippen LogP contribution in [0.25, 0.3) is 10.6 Å². The van der Waals surface area contributed by atoms with Crippen LogP contribution in [0.15, 0.2) is 24.3 Å². The summed E-state index contributed by atoms with van der Waals surface area (Å²) in [6.07, 6.45) is -4.30. The Morgan fingerprint density at radius 2 is 1.78 bits per heavy atom. The Balaban J connectivity index is 2.29. The first-order chi connectivity index (χ1) is 8.38. The molecule has 0 saturated heterocycles. The molecule has 0 saturated carbocycles. The number of alkyl halides is 3. The molecule has 0 bridgehead atoms. The van der Waals surface area contributed by atoms with E-state index in [1.165, 1.54) is 23.5 Å². The van der Waals surface area contributed by atoms with E-state index in [0.29, 0.717) is 10.6 Å². The Bertz CT molecular complexity index is 526. The number of thiazole rings is 1. The van der Waals surface area contributed by atoms with E-state index < -0.39 is 11.7 Å². The van der Waals surface area contributed by atoms with Gasteiger partial charge in [0.2, 0.25) is 0 Å². The molecule has 1 aromatic carbocycles. The van der Waals surface area contributed by atoms with Crippen LogP contribution in [0.4, 0.5) is 13.2 Å². The minimum absolute atomic E-state index is 0.268. The van der Waals surface area contributed by atoms with Gasteiger partial charge in [0.1, 0.15) is 5.01 Å². The largest absolute Gasteiger partial charge is 0.416 e. The summed E-state index contributed by atoms with van der Waals surface area (Å²) in [6.45, 7) is 4.00. The summed E-state index contributed by atoms with van der Waals surface area (Å²) in [5, 5.41) is 3.76. The Kier molecular flexibility index (Phi) is 3.43. The molecule has 0 aliphatic rings. The quantitative estimate of drug-likeness (QED) is 0.767. The molecule has 1 heterocycles. The van der Waals surface area contributed by atoms with Gasteiger partial charge in [0.05, 0.1) is 16.6 Å². The molecular weight excluding hydrogens is 259 g/mol. The highest BCUT2D eigenvalue weighted by atomic mass is 32.1. The van der Waals surface area contributed by atoms with Crippen molar-refractivity contribution < 1.29 is 13.2 Å². The summed E-state index contributed by atoms with van der Waals surface area (Å²) >= 11 is 1.33. The lowest BCUT2D eigenvalue weighted by molar-refractivity contribution is -0.137. The predicted octanol–water partition coefficient (Wildman–Crippen LogP) is 4.75. The molecule has 0 N–H and O–H groups in total. The second-order valence-electron chi connectivity index (χ2n) is 4.24. The normalized spacial score (nSPS) is 12.1. The average molecular weight is 270 g/mol. The minimum Gasteiger partial charge on any atom is -0.240 e. The molecule has 0 aliphatic heterocycles. The molecule has 2 aromatic rings. The maximum absolute atomic E-state index is 12.4. The molecule has 0 fully saturated rings. The molecule has 0 aliphatic carbocycles.